The van der Waals surface area contributed by atoms with Gasteiger partial charge in [0.25, 0.3) is 6.43 Å². The van der Waals surface area contributed by atoms with Crippen molar-refractivity contribution in [2.75, 3.05) is 6.54 Å². The monoisotopic (exact) mass is 193 g/mol. The van der Waals surface area contributed by atoms with Crippen molar-refractivity contribution in [1.29, 1.82) is 0 Å². The van der Waals surface area contributed by atoms with E-state index < -0.39 is 30.3 Å². The Balaban J connectivity index is 3.98. The van der Waals surface area contributed by atoms with Gasteiger partial charge in [-0.25, -0.2) is 14.5 Å². The van der Waals surface area contributed by atoms with E-state index in [0.29, 0.717) is 0 Å². The average molecular weight is 193 g/mol. The van der Waals surface area contributed by atoms with Crippen LogP contribution in [0.1, 0.15) is 20.8 Å². The lowest BCUT2D eigenvalue weighted by atomic mass is 9.87. The van der Waals surface area contributed by atoms with Crippen LogP contribution in [0.15, 0.2) is 0 Å². The molecule has 0 aliphatic rings. The Hall–Kier alpha value is -0.710. The van der Waals surface area contributed by atoms with Gasteiger partial charge in [0, 0.05) is 0 Å². The Kier molecular flexibility index (Phi) is 4.26. The maximum Gasteiger partial charge on any atom is 0.255 e. The van der Waals surface area contributed by atoms with Crippen molar-refractivity contribution in [3.63, 3.8) is 0 Å². The zero-order valence-corrected chi connectivity index (χ0v) is 8.03. The molecular weight excluding hydrogens is 178 g/mol. The molecule has 0 fully saturated rings. The Morgan fingerprint density at radius 1 is 1.46 bits per heavy atom. The zero-order chi connectivity index (χ0) is 10.6. The summed E-state index contributed by atoms with van der Waals surface area (Å²) in [5.41, 5.74) is 6.90. The van der Waals surface area contributed by atoms with Gasteiger partial charge in [0.05, 0.1) is 6.54 Å². The molecule has 0 aliphatic carbocycles. The molecule has 1 amide bonds. The first-order valence-electron chi connectivity index (χ1n) is 4.02. The molecule has 0 aromatic heterocycles. The fourth-order valence-corrected chi connectivity index (χ4v) is 0.673. The summed E-state index contributed by atoms with van der Waals surface area (Å²) in [5.74, 6) is -0.646. The molecule has 0 rings (SSSR count). The number of halogens is 2. The quantitative estimate of drug-likeness (QED) is 0.716. The second kappa shape index (κ2) is 4.50. The molecule has 0 saturated carbocycles. The van der Waals surface area contributed by atoms with E-state index in [2.05, 4.69) is 0 Å². The fraction of sp³-hybridized carbons (Fsp3) is 0.875. The summed E-state index contributed by atoms with van der Waals surface area (Å²) < 4.78 is 23.4. The van der Waals surface area contributed by atoms with Gasteiger partial charge in [-0.1, -0.05) is 20.8 Å². The minimum absolute atomic E-state index is 0.522. The molecule has 0 aromatic rings. The predicted molar refractivity (Wildman–Crippen MR) is 45.4 cm³/mol. The first kappa shape index (κ1) is 12.3. The van der Waals surface area contributed by atoms with E-state index in [4.69, 9.17) is 5.73 Å². The largest absolute Gasteiger partial charge is 0.349 e. The zero-order valence-electron chi connectivity index (χ0n) is 8.03. The molecule has 1 atom stereocenters. The third-order valence-electron chi connectivity index (χ3n) is 1.56. The first-order valence-corrected chi connectivity index (χ1v) is 4.02. The molecule has 1 unspecified atom stereocenters. The number of carbonyl (C=O) groups is 1. The molecule has 0 aromatic carbocycles. The van der Waals surface area contributed by atoms with Gasteiger partial charge >= 0.3 is 0 Å². The summed E-state index contributed by atoms with van der Waals surface area (Å²) in [5, 5.41) is 2.01. The molecule has 2 N–H and O–H groups in total. The van der Waals surface area contributed by atoms with Crippen LogP contribution in [0.5, 0.6) is 0 Å². The third-order valence-corrected chi connectivity index (χ3v) is 1.56. The van der Waals surface area contributed by atoms with Gasteiger partial charge in [0.2, 0.25) is 5.91 Å². The van der Waals surface area contributed by atoms with Crippen LogP contribution >= 0.6 is 0 Å². The highest BCUT2D eigenvalue weighted by Crippen LogP contribution is 2.18. The van der Waals surface area contributed by atoms with Crippen molar-refractivity contribution in [1.82, 2.24) is 11.1 Å². The van der Waals surface area contributed by atoms with Crippen LogP contribution < -0.4 is 11.1 Å². The summed E-state index contributed by atoms with van der Waals surface area (Å²) in [4.78, 5) is 11.1. The lowest BCUT2D eigenvalue weighted by Gasteiger charge is -2.24. The molecule has 13 heavy (non-hydrogen) atoms. The predicted octanol–water partition coefficient (Wildman–Crippen LogP) is 1.07. The summed E-state index contributed by atoms with van der Waals surface area (Å²) in [7, 11) is 0. The number of nitrogens with one attached hydrogen (secondary N) is 2. The molecule has 77 valence electrons. The van der Waals surface area contributed by atoms with Gasteiger partial charge in [0.1, 0.15) is 6.04 Å². The maximum absolute atomic E-state index is 11.7. The second-order valence-corrected chi connectivity index (χ2v) is 3.94. The number of alkyl halides is 2. The molecule has 3 nitrogen and oxygen atoms in total. The molecule has 1 radical (unpaired) electrons. The first-order chi connectivity index (χ1) is 5.75. The van der Waals surface area contributed by atoms with E-state index >= 15 is 0 Å². The van der Waals surface area contributed by atoms with E-state index in [9.17, 15) is 13.6 Å². The molecule has 0 aliphatic heterocycles. The minimum Gasteiger partial charge on any atom is -0.349 e. The van der Waals surface area contributed by atoms with Crippen molar-refractivity contribution in [3.05, 3.63) is 0 Å². The number of carbonyl (C=O) groups excluding carboxylic acids is 1. The summed E-state index contributed by atoms with van der Waals surface area (Å²) in [6.45, 7) is 4.47. The lowest BCUT2D eigenvalue weighted by Crippen LogP contribution is -2.44. The third kappa shape index (κ3) is 4.77. The maximum atomic E-state index is 11.7. The van der Waals surface area contributed by atoms with Crippen molar-refractivity contribution in [2.45, 2.75) is 33.2 Å². The summed E-state index contributed by atoms with van der Waals surface area (Å²) >= 11 is 0. The van der Waals surface area contributed by atoms with Crippen molar-refractivity contribution < 1.29 is 13.6 Å². The highest BCUT2D eigenvalue weighted by Gasteiger charge is 2.28. The van der Waals surface area contributed by atoms with Gasteiger partial charge in [0.15, 0.2) is 0 Å². The molecule has 0 saturated heterocycles. The fourth-order valence-electron chi connectivity index (χ4n) is 0.673. The Morgan fingerprint density at radius 2 is 1.92 bits per heavy atom. The van der Waals surface area contributed by atoms with Gasteiger partial charge in [-0.05, 0) is 5.41 Å². The van der Waals surface area contributed by atoms with Crippen LogP contribution in [0.3, 0.4) is 0 Å². The average Bonchev–Trinajstić information content (AvgIpc) is 1.96. The Labute approximate surface area is 76.7 Å². The Bertz CT molecular complexity index is 177. The SMILES string of the molecule is CC(C)(C)C([NH])C(=O)NCC(F)F. The van der Waals surface area contributed by atoms with Crippen LogP contribution in [0.2, 0.25) is 0 Å². The minimum atomic E-state index is -2.56. The number of hydrogen-bond donors (Lipinski definition) is 1. The Morgan fingerprint density at radius 3 is 2.23 bits per heavy atom. The smallest absolute Gasteiger partial charge is 0.255 e. The second-order valence-electron chi connectivity index (χ2n) is 3.94. The topological polar surface area (TPSA) is 52.9 Å². The summed E-state index contributed by atoms with van der Waals surface area (Å²) in [6, 6.07) is -1.01. The normalized spacial score (nSPS) is 14.4. The van der Waals surface area contributed by atoms with Crippen LogP contribution in [0.25, 0.3) is 0 Å². The van der Waals surface area contributed by atoms with Gasteiger partial charge < -0.3 is 5.32 Å². The van der Waals surface area contributed by atoms with Crippen molar-refractivity contribution in [3.8, 4) is 0 Å². The molecular formula is C8H15F2N2O. The highest BCUT2D eigenvalue weighted by atomic mass is 19.3. The highest BCUT2D eigenvalue weighted by molar-refractivity contribution is 5.82. The van der Waals surface area contributed by atoms with E-state index in [1.54, 1.807) is 20.8 Å². The van der Waals surface area contributed by atoms with Crippen LogP contribution in [0.4, 0.5) is 8.78 Å². The van der Waals surface area contributed by atoms with Gasteiger partial charge in [-0.3, -0.25) is 4.79 Å². The lowest BCUT2D eigenvalue weighted by molar-refractivity contribution is -0.125. The van der Waals surface area contributed by atoms with Gasteiger partial charge in [-0.15, -0.1) is 0 Å². The molecule has 0 heterocycles. The van der Waals surface area contributed by atoms with E-state index in [0.717, 1.165) is 0 Å². The number of amides is 1. The van der Waals surface area contributed by atoms with Crippen molar-refractivity contribution >= 4 is 5.91 Å². The van der Waals surface area contributed by atoms with Crippen LogP contribution in [-0.2, 0) is 4.79 Å². The molecule has 5 heteroatoms. The summed E-state index contributed by atoms with van der Waals surface area (Å²) in [6.07, 6.45) is -2.56. The molecule has 0 spiro atoms. The van der Waals surface area contributed by atoms with Gasteiger partial charge in [-0.2, -0.15) is 0 Å². The van der Waals surface area contributed by atoms with Crippen LogP contribution in [0, 0.1) is 5.41 Å². The van der Waals surface area contributed by atoms with Crippen LogP contribution in [-0.4, -0.2) is 24.9 Å². The number of hydrogen-bond acceptors (Lipinski definition) is 1. The van der Waals surface area contributed by atoms with Crippen molar-refractivity contribution in [2.24, 2.45) is 5.41 Å². The molecule has 0 bridgehead atoms. The number of rotatable bonds is 3. The standard InChI is InChI=1S/C8H15F2N2O/c1-8(2,3)6(11)7(13)12-4-5(9)10/h5-6,11H,4H2,1-3H3,(H,12,13). The van der Waals surface area contributed by atoms with E-state index in [1.807, 2.05) is 5.32 Å². The van der Waals surface area contributed by atoms with E-state index in [-0.39, 0.29) is 0 Å². The van der Waals surface area contributed by atoms with E-state index in [1.165, 1.54) is 0 Å².